The number of H-pyrrole nitrogens is 1. The van der Waals surface area contributed by atoms with Crippen molar-refractivity contribution in [3.8, 4) is 5.75 Å². The molecule has 110 valence electrons. The molecule has 6 heteroatoms. The number of pyridine rings is 1. The molecule has 4 N–H and O–H groups in total. The lowest BCUT2D eigenvalue weighted by Gasteiger charge is -2.21. The summed E-state index contributed by atoms with van der Waals surface area (Å²) in [6.07, 6.45) is 0. The highest BCUT2D eigenvalue weighted by atomic mass is 35.5. The van der Waals surface area contributed by atoms with E-state index in [2.05, 4.69) is 10.3 Å². The number of fused-ring (bicyclic) bond motifs is 1. The van der Waals surface area contributed by atoms with Gasteiger partial charge < -0.3 is 20.5 Å². The fourth-order valence-corrected chi connectivity index (χ4v) is 2.21. The molecule has 0 aliphatic carbocycles. The SMILES string of the molecule is CC(C)NC(CO)c1ccc(O)c2[nH]c(=O)ccc12.Cl. The zero-order valence-corrected chi connectivity index (χ0v) is 12.2. The molecule has 1 aromatic heterocycles. The zero-order valence-electron chi connectivity index (χ0n) is 11.4. The van der Waals surface area contributed by atoms with Crippen molar-refractivity contribution in [2.45, 2.75) is 25.9 Å². The third-order valence-corrected chi connectivity index (χ3v) is 3.00. The van der Waals surface area contributed by atoms with Crippen LogP contribution in [0.25, 0.3) is 10.9 Å². The topological polar surface area (TPSA) is 85.3 Å². The van der Waals surface area contributed by atoms with E-state index in [1.165, 1.54) is 12.1 Å². The molecule has 0 fully saturated rings. The van der Waals surface area contributed by atoms with Crippen molar-refractivity contribution < 1.29 is 10.2 Å². The number of aliphatic hydroxyl groups is 1. The maximum absolute atomic E-state index is 11.3. The van der Waals surface area contributed by atoms with Gasteiger partial charge in [0.05, 0.1) is 18.2 Å². The highest BCUT2D eigenvalue weighted by molar-refractivity contribution is 5.87. The molecule has 0 amide bonds. The Bertz CT molecular complexity index is 640. The number of hydrogen-bond acceptors (Lipinski definition) is 4. The van der Waals surface area contributed by atoms with Crippen LogP contribution in [0.3, 0.4) is 0 Å². The number of aromatic amines is 1. The highest BCUT2D eigenvalue weighted by Gasteiger charge is 2.16. The second-order valence-corrected chi connectivity index (χ2v) is 4.84. The number of benzene rings is 1. The third-order valence-electron chi connectivity index (χ3n) is 3.00. The zero-order chi connectivity index (χ0) is 14.0. The first-order valence-electron chi connectivity index (χ1n) is 6.24. The average molecular weight is 299 g/mol. The molecule has 0 aliphatic rings. The minimum absolute atomic E-state index is 0. The average Bonchev–Trinajstić information content (AvgIpc) is 2.37. The van der Waals surface area contributed by atoms with Crippen LogP contribution in [0.1, 0.15) is 25.5 Å². The van der Waals surface area contributed by atoms with Crippen molar-refractivity contribution in [3.05, 3.63) is 40.2 Å². The van der Waals surface area contributed by atoms with Crippen LogP contribution in [-0.2, 0) is 0 Å². The van der Waals surface area contributed by atoms with E-state index < -0.39 is 0 Å². The molecule has 1 aromatic carbocycles. The lowest BCUT2D eigenvalue weighted by molar-refractivity contribution is 0.238. The minimum atomic E-state index is -0.266. The number of phenols is 1. The Morgan fingerprint density at radius 1 is 1.25 bits per heavy atom. The second kappa shape index (κ2) is 6.74. The van der Waals surface area contributed by atoms with E-state index in [1.54, 1.807) is 12.1 Å². The summed E-state index contributed by atoms with van der Waals surface area (Å²) in [4.78, 5) is 13.9. The monoisotopic (exact) mass is 298 g/mol. The lowest BCUT2D eigenvalue weighted by atomic mass is 10.0. The molecule has 2 aromatic rings. The van der Waals surface area contributed by atoms with Crippen LogP contribution in [0.4, 0.5) is 0 Å². The van der Waals surface area contributed by atoms with Gasteiger partial charge in [-0.05, 0) is 17.7 Å². The second-order valence-electron chi connectivity index (χ2n) is 4.84. The molecule has 0 bridgehead atoms. The van der Waals surface area contributed by atoms with Crippen molar-refractivity contribution >= 4 is 23.3 Å². The van der Waals surface area contributed by atoms with Crippen molar-refractivity contribution in [1.29, 1.82) is 0 Å². The summed E-state index contributed by atoms with van der Waals surface area (Å²) in [6, 6.07) is 6.32. The number of hydrogen-bond donors (Lipinski definition) is 4. The number of halogens is 1. The molecule has 1 atom stereocenters. The van der Waals surface area contributed by atoms with Crippen LogP contribution >= 0.6 is 12.4 Å². The van der Waals surface area contributed by atoms with Crippen LogP contribution < -0.4 is 10.9 Å². The van der Waals surface area contributed by atoms with Gasteiger partial charge in [-0.3, -0.25) is 4.79 Å². The fraction of sp³-hybridized carbons (Fsp3) is 0.357. The van der Waals surface area contributed by atoms with E-state index in [0.717, 1.165) is 10.9 Å². The van der Waals surface area contributed by atoms with Gasteiger partial charge in [0.1, 0.15) is 5.75 Å². The lowest BCUT2D eigenvalue weighted by Crippen LogP contribution is -2.30. The molecule has 0 saturated heterocycles. The van der Waals surface area contributed by atoms with Crippen molar-refractivity contribution in [2.24, 2.45) is 0 Å². The number of phenolic OH excluding ortho intramolecular Hbond substituents is 1. The predicted molar refractivity (Wildman–Crippen MR) is 81.6 cm³/mol. The van der Waals surface area contributed by atoms with E-state index in [-0.39, 0.29) is 42.4 Å². The standard InChI is InChI=1S/C14H18N2O3.ClH/c1-8(2)15-11(7-17)9-3-5-12(18)14-10(9)4-6-13(19)16-14;/h3-6,8,11,15,17-18H,7H2,1-2H3,(H,16,19);1H. The highest BCUT2D eigenvalue weighted by Crippen LogP contribution is 2.28. The van der Waals surface area contributed by atoms with Crippen LogP contribution in [0, 0.1) is 0 Å². The minimum Gasteiger partial charge on any atom is -0.506 e. The molecule has 0 radical (unpaired) electrons. The van der Waals surface area contributed by atoms with Crippen LogP contribution in [0.2, 0.25) is 0 Å². The van der Waals surface area contributed by atoms with E-state index in [0.29, 0.717) is 5.52 Å². The Hall–Kier alpha value is -1.56. The molecule has 1 heterocycles. The molecular formula is C14H19ClN2O3. The van der Waals surface area contributed by atoms with E-state index in [1.807, 2.05) is 13.8 Å². The summed E-state index contributed by atoms with van der Waals surface area (Å²) in [7, 11) is 0. The third kappa shape index (κ3) is 3.30. The van der Waals surface area contributed by atoms with E-state index in [4.69, 9.17) is 0 Å². The van der Waals surface area contributed by atoms with Gasteiger partial charge in [0.2, 0.25) is 5.56 Å². The molecule has 0 spiro atoms. The molecule has 0 aliphatic heterocycles. The van der Waals surface area contributed by atoms with Gasteiger partial charge in [-0.1, -0.05) is 19.9 Å². The quantitative estimate of drug-likeness (QED) is 0.692. The first-order valence-corrected chi connectivity index (χ1v) is 6.24. The van der Waals surface area contributed by atoms with Gasteiger partial charge in [-0.15, -0.1) is 12.4 Å². The normalized spacial score (nSPS) is 12.4. The van der Waals surface area contributed by atoms with Gasteiger partial charge in [0, 0.05) is 17.5 Å². The number of aromatic nitrogens is 1. The molecule has 5 nitrogen and oxygen atoms in total. The van der Waals surface area contributed by atoms with Crippen molar-refractivity contribution in [3.63, 3.8) is 0 Å². The first kappa shape index (κ1) is 16.5. The van der Waals surface area contributed by atoms with Gasteiger partial charge >= 0.3 is 0 Å². The maximum atomic E-state index is 11.3. The number of aromatic hydroxyl groups is 1. The molecule has 2 rings (SSSR count). The number of nitrogens with one attached hydrogen (secondary N) is 2. The van der Waals surface area contributed by atoms with Crippen LogP contribution in [-0.4, -0.2) is 27.8 Å². The van der Waals surface area contributed by atoms with Crippen LogP contribution in [0.5, 0.6) is 5.75 Å². The van der Waals surface area contributed by atoms with Gasteiger partial charge in [-0.2, -0.15) is 0 Å². The van der Waals surface area contributed by atoms with Gasteiger partial charge in [-0.25, -0.2) is 0 Å². The Morgan fingerprint density at radius 2 is 1.95 bits per heavy atom. The number of rotatable bonds is 4. The Balaban J connectivity index is 0.00000200. The Labute approximate surface area is 123 Å². The molecule has 20 heavy (non-hydrogen) atoms. The van der Waals surface area contributed by atoms with Gasteiger partial charge in [0.15, 0.2) is 0 Å². The maximum Gasteiger partial charge on any atom is 0.248 e. The predicted octanol–water partition coefficient (Wildman–Crippen LogP) is 1.69. The summed E-state index contributed by atoms with van der Waals surface area (Å²) in [6.45, 7) is 3.93. The smallest absolute Gasteiger partial charge is 0.248 e. The summed E-state index contributed by atoms with van der Waals surface area (Å²) in [5.74, 6) is 0.0256. The molecule has 1 unspecified atom stereocenters. The summed E-state index contributed by atoms with van der Waals surface area (Å²) >= 11 is 0. The summed E-state index contributed by atoms with van der Waals surface area (Å²) < 4.78 is 0. The molecule has 0 saturated carbocycles. The largest absolute Gasteiger partial charge is 0.506 e. The molecular weight excluding hydrogens is 280 g/mol. The summed E-state index contributed by atoms with van der Waals surface area (Å²) in [5.41, 5.74) is 0.978. The fourth-order valence-electron chi connectivity index (χ4n) is 2.21. The van der Waals surface area contributed by atoms with Crippen LogP contribution in [0.15, 0.2) is 29.1 Å². The Kier molecular flexibility index (Phi) is 5.56. The van der Waals surface area contributed by atoms with Crippen molar-refractivity contribution in [1.82, 2.24) is 10.3 Å². The summed E-state index contributed by atoms with van der Waals surface area (Å²) in [5, 5.41) is 23.3. The van der Waals surface area contributed by atoms with E-state index >= 15 is 0 Å². The number of aliphatic hydroxyl groups excluding tert-OH is 1. The van der Waals surface area contributed by atoms with E-state index in [9.17, 15) is 15.0 Å². The Morgan fingerprint density at radius 3 is 2.55 bits per heavy atom. The first-order chi connectivity index (χ1) is 9.02. The van der Waals surface area contributed by atoms with Gasteiger partial charge in [0.25, 0.3) is 0 Å². The van der Waals surface area contributed by atoms with Crippen molar-refractivity contribution in [2.75, 3.05) is 6.61 Å².